The SMILES string of the molecule is CCN(CC)C(=O)[C@H](Sc1nnc(-c2cccnc2)o1)c1ccccc1. The Balaban J connectivity index is 1.87. The van der Waals surface area contributed by atoms with E-state index >= 15 is 0 Å². The maximum absolute atomic E-state index is 13.0. The van der Waals surface area contributed by atoms with Gasteiger partial charge in [0.2, 0.25) is 11.8 Å². The van der Waals surface area contributed by atoms with Gasteiger partial charge in [-0.05, 0) is 43.3 Å². The summed E-state index contributed by atoms with van der Waals surface area (Å²) in [6.45, 7) is 5.26. The van der Waals surface area contributed by atoms with Crippen LogP contribution in [-0.2, 0) is 4.79 Å². The van der Waals surface area contributed by atoms with Crippen molar-refractivity contribution in [3.05, 3.63) is 60.4 Å². The summed E-state index contributed by atoms with van der Waals surface area (Å²) in [5.41, 5.74) is 1.66. The molecule has 3 aromatic rings. The second-order valence-corrected chi connectivity index (χ2v) is 6.59. The molecule has 0 spiro atoms. The first-order valence-corrected chi connectivity index (χ1v) is 9.35. The normalized spacial score (nSPS) is 11.9. The first-order valence-electron chi connectivity index (χ1n) is 8.47. The Morgan fingerprint density at radius 2 is 1.88 bits per heavy atom. The van der Waals surface area contributed by atoms with E-state index in [0.29, 0.717) is 24.2 Å². The third-order valence-corrected chi connectivity index (χ3v) is 5.01. The molecule has 3 rings (SSSR count). The van der Waals surface area contributed by atoms with Crippen LogP contribution in [0, 0.1) is 0 Å². The number of likely N-dealkylation sites (N-methyl/N-ethyl adjacent to an activating group) is 1. The summed E-state index contributed by atoms with van der Waals surface area (Å²) in [5.74, 6) is 0.426. The Bertz CT molecular complexity index is 835. The molecule has 134 valence electrons. The highest BCUT2D eigenvalue weighted by atomic mass is 32.2. The molecule has 0 bridgehead atoms. The summed E-state index contributed by atoms with van der Waals surface area (Å²) < 4.78 is 5.75. The van der Waals surface area contributed by atoms with Gasteiger partial charge >= 0.3 is 0 Å². The van der Waals surface area contributed by atoms with Gasteiger partial charge in [-0.15, -0.1) is 10.2 Å². The molecule has 0 aliphatic carbocycles. The smallest absolute Gasteiger partial charge is 0.277 e. The minimum Gasteiger partial charge on any atom is -0.411 e. The number of pyridine rings is 1. The molecule has 2 aromatic heterocycles. The molecule has 0 fully saturated rings. The summed E-state index contributed by atoms with van der Waals surface area (Å²) in [6, 6.07) is 13.3. The number of benzene rings is 1. The standard InChI is InChI=1S/C19H20N4O2S/c1-3-23(4-2)18(24)16(14-9-6-5-7-10-14)26-19-22-21-17(25-19)15-11-8-12-20-13-15/h5-13,16H,3-4H2,1-2H3/t16-/m1/s1. The van der Waals surface area contributed by atoms with Crippen molar-refractivity contribution in [2.45, 2.75) is 24.3 Å². The molecule has 6 nitrogen and oxygen atoms in total. The van der Waals surface area contributed by atoms with Crippen molar-refractivity contribution in [2.24, 2.45) is 0 Å². The highest BCUT2D eigenvalue weighted by Gasteiger charge is 2.28. The molecule has 1 atom stereocenters. The minimum atomic E-state index is -0.432. The Morgan fingerprint density at radius 3 is 2.54 bits per heavy atom. The fourth-order valence-corrected chi connectivity index (χ4v) is 3.51. The number of amides is 1. The number of hydrogen-bond acceptors (Lipinski definition) is 6. The van der Waals surface area contributed by atoms with Crippen molar-refractivity contribution in [1.82, 2.24) is 20.1 Å². The van der Waals surface area contributed by atoms with Crippen LogP contribution in [0.4, 0.5) is 0 Å². The van der Waals surface area contributed by atoms with Gasteiger partial charge in [-0.2, -0.15) is 0 Å². The number of carbonyl (C=O) groups excluding carboxylic acids is 1. The van der Waals surface area contributed by atoms with Gasteiger partial charge < -0.3 is 9.32 Å². The number of carbonyl (C=O) groups is 1. The zero-order valence-corrected chi connectivity index (χ0v) is 15.5. The number of aromatic nitrogens is 3. The maximum Gasteiger partial charge on any atom is 0.277 e. The van der Waals surface area contributed by atoms with Gasteiger partial charge in [0.25, 0.3) is 5.22 Å². The third-order valence-electron chi connectivity index (χ3n) is 3.94. The third kappa shape index (κ3) is 4.11. The molecule has 26 heavy (non-hydrogen) atoms. The van der Waals surface area contributed by atoms with Crippen LogP contribution < -0.4 is 0 Å². The number of rotatable bonds is 7. The van der Waals surface area contributed by atoms with E-state index in [1.165, 1.54) is 11.8 Å². The number of hydrogen-bond donors (Lipinski definition) is 0. The van der Waals surface area contributed by atoms with Gasteiger partial charge in [0, 0.05) is 25.5 Å². The lowest BCUT2D eigenvalue weighted by Crippen LogP contribution is -2.33. The summed E-state index contributed by atoms with van der Waals surface area (Å²) in [6.07, 6.45) is 3.35. The molecular formula is C19H20N4O2S. The zero-order chi connectivity index (χ0) is 18.4. The average molecular weight is 368 g/mol. The minimum absolute atomic E-state index is 0.0346. The van der Waals surface area contributed by atoms with Crippen LogP contribution in [-0.4, -0.2) is 39.1 Å². The van der Waals surface area contributed by atoms with E-state index < -0.39 is 5.25 Å². The Kier molecular flexibility index (Phi) is 6.01. The van der Waals surface area contributed by atoms with Crippen molar-refractivity contribution < 1.29 is 9.21 Å². The maximum atomic E-state index is 13.0. The Morgan fingerprint density at radius 1 is 1.12 bits per heavy atom. The fraction of sp³-hybridized carbons (Fsp3) is 0.263. The predicted molar refractivity (Wildman–Crippen MR) is 100 cm³/mol. The average Bonchev–Trinajstić information content (AvgIpc) is 3.17. The molecule has 0 aliphatic heterocycles. The van der Waals surface area contributed by atoms with Gasteiger partial charge in [0.05, 0.1) is 5.56 Å². The quantitative estimate of drug-likeness (QED) is 0.590. The molecule has 0 saturated heterocycles. The van der Waals surface area contributed by atoms with Crippen LogP contribution >= 0.6 is 11.8 Å². The lowest BCUT2D eigenvalue weighted by atomic mass is 10.1. The van der Waals surface area contributed by atoms with E-state index in [1.807, 2.05) is 61.2 Å². The van der Waals surface area contributed by atoms with Crippen molar-refractivity contribution in [1.29, 1.82) is 0 Å². The molecule has 0 radical (unpaired) electrons. The molecule has 7 heteroatoms. The van der Waals surface area contributed by atoms with Gasteiger partial charge in [-0.3, -0.25) is 9.78 Å². The highest BCUT2D eigenvalue weighted by Crippen LogP contribution is 2.37. The number of nitrogens with zero attached hydrogens (tertiary/aromatic N) is 4. The first kappa shape index (κ1) is 18.1. The van der Waals surface area contributed by atoms with E-state index in [-0.39, 0.29) is 5.91 Å². The van der Waals surface area contributed by atoms with Crippen LogP contribution in [0.3, 0.4) is 0 Å². The van der Waals surface area contributed by atoms with Crippen molar-refractivity contribution in [3.8, 4) is 11.5 Å². The van der Waals surface area contributed by atoms with Crippen LogP contribution in [0.5, 0.6) is 0 Å². The van der Waals surface area contributed by atoms with E-state index in [4.69, 9.17) is 4.42 Å². The van der Waals surface area contributed by atoms with Gasteiger partial charge in [-0.25, -0.2) is 0 Å². The van der Waals surface area contributed by atoms with Gasteiger partial charge in [0.1, 0.15) is 5.25 Å². The van der Waals surface area contributed by atoms with Crippen molar-refractivity contribution in [3.63, 3.8) is 0 Å². The molecule has 2 heterocycles. The van der Waals surface area contributed by atoms with Gasteiger partial charge in [0.15, 0.2) is 0 Å². The second kappa shape index (κ2) is 8.62. The monoisotopic (exact) mass is 368 g/mol. The lowest BCUT2D eigenvalue weighted by Gasteiger charge is -2.24. The van der Waals surface area contributed by atoms with Crippen LogP contribution in [0.25, 0.3) is 11.5 Å². The summed E-state index contributed by atoms with van der Waals surface area (Å²) in [5, 5.41) is 8.10. The molecule has 0 saturated carbocycles. The van der Waals surface area contributed by atoms with E-state index in [9.17, 15) is 4.79 Å². The largest absolute Gasteiger partial charge is 0.411 e. The van der Waals surface area contributed by atoms with Crippen LogP contribution in [0.15, 0.2) is 64.5 Å². The first-order chi connectivity index (χ1) is 12.7. The Labute approximate surface area is 156 Å². The predicted octanol–water partition coefficient (Wildman–Crippen LogP) is 3.83. The number of thioether (sulfide) groups is 1. The summed E-state index contributed by atoms with van der Waals surface area (Å²) in [4.78, 5) is 18.9. The molecule has 1 aromatic carbocycles. The zero-order valence-electron chi connectivity index (χ0n) is 14.7. The summed E-state index contributed by atoms with van der Waals surface area (Å²) in [7, 11) is 0. The summed E-state index contributed by atoms with van der Waals surface area (Å²) >= 11 is 1.27. The lowest BCUT2D eigenvalue weighted by molar-refractivity contribution is -0.130. The fourth-order valence-electron chi connectivity index (χ4n) is 2.55. The molecular weight excluding hydrogens is 348 g/mol. The second-order valence-electron chi connectivity index (χ2n) is 5.53. The Hall–Kier alpha value is -2.67. The van der Waals surface area contributed by atoms with E-state index in [1.54, 1.807) is 12.4 Å². The highest BCUT2D eigenvalue weighted by molar-refractivity contribution is 8.00. The topological polar surface area (TPSA) is 72.1 Å². The van der Waals surface area contributed by atoms with E-state index in [2.05, 4.69) is 15.2 Å². The van der Waals surface area contributed by atoms with Crippen LogP contribution in [0.1, 0.15) is 24.7 Å². The van der Waals surface area contributed by atoms with Gasteiger partial charge in [-0.1, -0.05) is 30.3 Å². The van der Waals surface area contributed by atoms with E-state index in [0.717, 1.165) is 11.1 Å². The van der Waals surface area contributed by atoms with Crippen molar-refractivity contribution >= 4 is 17.7 Å². The molecule has 0 aliphatic rings. The molecule has 1 amide bonds. The molecule has 0 N–H and O–H groups in total. The van der Waals surface area contributed by atoms with Crippen LogP contribution in [0.2, 0.25) is 0 Å². The molecule has 0 unspecified atom stereocenters. The van der Waals surface area contributed by atoms with Crippen molar-refractivity contribution in [2.75, 3.05) is 13.1 Å².